The molecule has 1 N–H and O–H groups in total. The molecule has 1 aliphatic rings. The molecule has 0 saturated heterocycles. The maximum Gasteiger partial charge on any atom is 0.138 e. The minimum atomic E-state index is 0.104. The fourth-order valence-electron chi connectivity index (χ4n) is 3.06. The van der Waals surface area contributed by atoms with E-state index >= 15 is 0 Å². The van der Waals surface area contributed by atoms with Gasteiger partial charge in [0.2, 0.25) is 0 Å². The number of methoxy groups -OCH3 is 1. The number of pyridine rings is 1. The van der Waals surface area contributed by atoms with Crippen LogP contribution in [0.15, 0.2) is 42.6 Å². The van der Waals surface area contributed by atoms with Crippen LogP contribution in [0.4, 0.5) is 0 Å². The lowest BCUT2D eigenvalue weighted by Crippen LogP contribution is -1.87. The molecule has 3 aromatic rings. The highest BCUT2D eigenvalue weighted by molar-refractivity contribution is 5.90. The fraction of sp³-hybridized carbons (Fsp3) is 0.222. The number of benzene rings is 1. The van der Waals surface area contributed by atoms with Gasteiger partial charge in [-0.15, -0.1) is 0 Å². The molecule has 0 aliphatic heterocycles. The van der Waals surface area contributed by atoms with Crippen molar-refractivity contribution < 1.29 is 4.74 Å². The Labute approximate surface area is 128 Å². The first-order valence-electron chi connectivity index (χ1n) is 7.32. The maximum absolute atomic E-state index is 9.21. The van der Waals surface area contributed by atoms with Crippen LogP contribution in [0.1, 0.15) is 17.9 Å². The largest absolute Gasteiger partial charge is 0.495 e. The van der Waals surface area contributed by atoms with Crippen LogP contribution < -0.4 is 4.74 Å². The number of aromatic nitrogens is 2. The molecule has 0 spiro atoms. The quantitative estimate of drug-likeness (QED) is 0.796. The molecule has 22 heavy (non-hydrogen) atoms. The predicted octanol–water partition coefficient (Wildman–Crippen LogP) is 3.87. The minimum absolute atomic E-state index is 0.104. The number of hydrogen-bond acceptors (Lipinski definition) is 3. The first kappa shape index (κ1) is 12.9. The Kier molecular flexibility index (Phi) is 2.87. The van der Waals surface area contributed by atoms with E-state index in [0.717, 1.165) is 34.5 Å². The van der Waals surface area contributed by atoms with E-state index < -0.39 is 0 Å². The van der Waals surface area contributed by atoms with Crippen molar-refractivity contribution in [3.8, 4) is 23.1 Å². The maximum atomic E-state index is 9.21. The lowest BCUT2D eigenvalue weighted by molar-refractivity contribution is 0.413. The summed E-state index contributed by atoms with van der Waals surface area (Å²) in [6.07, 6.45) is 2.63. The summed E-state index contributed by atoms with van der Waals surface area (Å²) in [7, 11) is 1.64. The number of rotatable bonds is 3. The number of H-pyrrole nitrogens is 1. The van der Waals surface area contributed by atoms with Crippen molar-refractivity contribution in [2.24, 2.45) is 5.92 Å². The predicted molar refractivity (Wildman–Crippen MR) is 84.5 cm³/mol. The molecule has 2 unspecified atom stereocenters. The number of nitrogens with one attached hydrogen (secondary N) is 1. The van der Waals surface area contributed by atoms with Gasteiger partial charge in [0.05, 0.1) is 31.0 Å². The second kappa shape index (κ2) is 4.88. The Morgan fingerprint density at radius 2 is 2.14 bits per heavy atom. The molecule has 4 nitrogen and oxygen atoms in total. The Morgan fingerprint density at radius 3 is 2.82 bits per heavy atom. The third-order valence-electron chi connectivity index (χ3n) is 4.29. The van der Waals surface area contributed by atoms with Crippen LogP contribution in [0.25, 0.3) is 22.3 Å². The summed E-state index contributed by atoms with van der Waals surface area (Å²) in [5.74, 6) is 1.12. The molecule has 108 valence electrons. The van der Waals surface area contributed by atoms with Gasteiger partial charge in [-0.1, -0.05) is 30.3 Å². The third-order valence-corrected chi connectivity index (χ3v) is 4.29. The monoisotopic (exact) mass is 289 g/mol. The van der Waals surface area contributed by atoms with Gasteiger partial charge in [0.25, 0.3) is 0 Å². The summed E-state index contributed by atoms with van der Waals surface area (Å²) in [4.78, 5) is 7.88. The lowest BCUT2D eigenvalue weighted by atomic mass is 10.0. The number of nitriles is 1. The zero-order chi connectivity index (χ0) is 15.1. The Balaban J connectivity index is 1.96. The van der Waals surface area contributed by atoms with Crippen LogP contribution in [0.2, 0.25) is 0 Å². The summed E-state index contributed by atoms with van der Waals surface area (Å²) in [5.41, 5.74) is 4.23. The van der Waals surface area contributed by atoms with Gasteiger partial charge in [-0.3, -0.25) is 0 Å². The van der Waals surface area contributed by atoms with Gasteiger partial charge >= 0.3 is 0 Å². The van der Waals surface area contributed by atoms with E-state index in [9.17, 15) is 5.26 Å². The van der Waals surface area contributed by atoms with Gasteiger partial charge in [0.1, 0.15) is 11.4 Å². The van der Waals surface area contributed by atoms with Crippen molar-refractivity contribution in [3.63, 3.8) is 0 Å². The Bertz CT molecular complexity index is 876. The first-order valence-corrected chi connectivity index (χ1v) is 7.32. The molecular formula is C18H15N3O. The number of aromatic amines is 1. The normalized spacial score (nSPS) is 19.8. The van der Waals surface area contributed by atoms with Crippen LogP contribution in [-0.4, -0.2) is 17.1 Å². The molecular weight excluding hydrogens is 274 g/mol. The standard InChI is InChI=1S/C18H15N3O/c1-22-13-8-15-16(14-7-12(14)9-19)17(21-18(15)20-10-13)11-5-3-2-4-6-11/h2-6,8,10,12,14H,7H2,1H3,(H,20,21). The van der Waals surface area contributed by atoms with E-state index in [1.807, 2.05) is 24.3 Å². The summed E-state index contributed by atoms with van der Waals surface area (Å²) < 4.78 is 5.30. The lowest BCUT2D eigenvalue weighted by Gasteiger charge is -2.04. The number of nitrogens with zero attached hydrogens (tertiary/aromatic N) is 2. The minimum Gasteiger partial charge on any atom is -0.495 e. The molecule has 0 amide bonds. The second-order valence-corrected chi connectivity index (χ2v) is 5.63. The van der Waals surface area contributed by atoms with Crippen molar-refractivity contribution in [1.29, 1.82) is 5.26 Å². The molecule has 1 aliphatic carbocycles. The van der Waals surface area contributed by atoms with E-state index in [1.54, 1.807) is 13.3 Å². The average molecular weight is 289 g/mol. The van der Waals surface area contributed by atoms with E-state index in [-0.39, 0.29) is 11.8 Å². The van der Waals surface area contributed by atoms with Gasteiger partial charge in [-0.25, -0.2) is 4.98 Å². The van der Waals surface area contributed by atoms with Crippen LogP contribution in [0, 0.1) is 17.2 Å². The molecule has 0 radical (unpaired) electrons. The summed E-state index contributed by atoms with van der Waals surface area (Å²) >= 11 is 0. The number of hydrogen-bond donors (Lipinski definition) is 1. The summed E-state index contributed by atoms with van der Waals surface area (Å²) in [6, 6.07) is 14.6. The molecule has 2 aromatic heterocycles. The number of fused-ring (bicyclic) bond motifs is 1. The Morgan fingerprint density at radius 1 is 1.32 bits per heavy atom. The molecule has 4 rings (SSSR count). The SMILES string of the molecule is COc1cnc2[nH]c(-c3ccccc3)c(C3CC3C#N)c2c1. The highest BCUT2D eigenvalue weighted by Gasteiger charge is 2.42. The summed E-state index contributed by atoms with van der Waals surface area (Å²) in [5, 5.41) is 10.3. The van der Waals surface area contributed by atoms with Gasteiger partial charge in [0.15, 0.2) is 0 Å². The summed E-state index contributed by atoms with van der Waals surface area (Å²) in [6.45, 7) is 0. The van der Waals surface area contributed by atoms with Crippen LogP contribution in [0.5, 0.6) is 5.75 Å². The molecule has 2 heterocycles. The van der Waals surface area contributed by atoms with Gasteiger partial charge < -0.3 is 9.72 Å². The van der Waals surface area contributed by atoms with Gasteiger partial charge in [0, 0.05) is 11.3 Å². The van der Waals surface area contributed by atoms with Crippen molar-refractivity contribution in [2.75, 3.05) is 7.11 Å². The second-order valence-electron chi connectivity index (χ2n) is 5.63. The smallest absolute Gasteiger partial charge is 0.138 e. The molecule has 1 saturated carbocycles. The highest BCUT2D eigenvalue weighted by Crippen LogP contribution is 2.52. The van der Waals surface area contributed by atoms with E-state index in [2.05, 4.69) is 28.2 Å². The van der Waals surface area contributed by atoms with Gasteiger partial charge in [-0.2, -0.15) is 5.26 Å². The van der Waals surface area contributed by atoms with Crippen LogP contribution in [0.3, 0.4) is 0 Å². The van der Waals surface area contributed by atoms with E-state index in [4.69, 9.17) is 4.74 Å². The van der Waals surface area contributed by atoms with Crippen molar-refractivity contribution in [2.45, 2.75) is 12.3 Å². The highest BCUT2D eigenvalue weighted by atomic mass is 16.5. The van der Waals surface area contributed by atoms with Crippen LogP contribution in [-0.2, 0) is 0 Å². The van der Waals surface area contributed by atoms with E-state index in [0.29, 0.717) is 0 Å². The average Bonchev–Trinajstić information content (AvgIpc) is 3.26. The number of ether oxygens (including phenoxy) is 1. The molecule has 1 fully saturated rings. The fourth-order valence-corrected chi connectivity index (χ4v) is 3.06. The molecule has 2 atom stereocenters. The van der Waals surface area contributed by atoms with Crippen molar-refractivity contribution >= 4 is 11.0 Å². The zero-order valence-corrected chi connectivity index (χ0v) is 12.2. The van der Waals surface area contributed by atoms with Crippen molar-refractivity contribution in [3.05, 3.63) is 48.2 Å². The van der Waals surface area contributed by atoms with E-state index in [1.165, 1.54) is 5.56 Å². The first-order chi connectivity index (χ1) is 10.8. The van der Waals surface area contributed by atoms with Crippen molar-refractivity contribution in [1.82, 2.24) is 9.97 Å². The topological polar surface area (TPSA) is 61.7 Å². The molecule has 0 bridgehead atoms. The van der Waals surface area contributed by atoms with Crippen LogP contribution >= 0.6 is 0 Å². The molecule has 1 aromatic carbocycles. The molecule has 4 heteroatoms. The third kappa shape index (κ3) is 1.94. The zero-order valence-electron chi connectivity index (χ0n) is 12.2. The van der Waals surface area contributed by atoms with Gasteiger partial charge in [-0.05, 0) is 23.6 Å². The Hall–Kier alpha value is -2.80.